The number of para-hydroxylation sites is 1. The maximum absolute atomic E-state index is 13.2. The molecule has 0 atom stereocenters. The van der Waals surface area contributed by atoms with Crippen molar-refractivity contribution in [2.45, 2.75) is 11.4 Å². The van der Waals surface area contributed by atoms with Crippen molar-refractivity contribution in [3.8, 4) is 5.75 Å². The highest BCUT2D eigenvalue weighted by Crippen LogP contribution is 2.26. The molecule has 0 bridgehead atoms. The molecule has 3 aromatic rings. The molecule has 0 heterocycles. The van der Waals surface area contributed by atoms with Gasteiger partial charge < -0.3 is 10.1 Å². The Bertz CT molecular complexity index is 1120. The van der Waals surface area contributed by atoms with Crippen LogP contribution in [0.2, 0.25) is 5.02 Å². The number of benzene rings is 3. The molecule has 0 fully saturated rings. The number of rotatable bonds is 8. The molecule has 0 radical (unpaired) electrons. The van der Waals surface area contributed by atoms with Crippen molar-refractivity contribution in [2.24, 2.45) is 0 Å². The Morgan fingerprint density at radius 3 is 2.40 bits per heavy atom. The molecule has 8 heteroatoms. The zero-order valence-electron chi connectivity index (χ0n) is 16.3. The van der Waals surface area contributed by atoms with Crippen molar-refractivity contribution in [3.05, 3.63) is 89.4 Å². The molecular weight excluding hydrogens is 424 g/mol. The van der Waals surface area contributed by atoms with Crippen LogP contribution < -0.4 is 14.4 Å². The van der Waals surface area contributed by atoms with Gasteiger partial charge in [0.15, 0.2) is 0 Å². The number of anilines is 1. The van der Waals surface area contributed by atoms with E-state index in [0.717, 1.165) is 9.87 Å². The zero-order valence-corrected chi connectivity index (χ0v) is 17.9. The number of hydrogen-bond acceptors (Lipinski definition) is 4. The van der Waals surface area contributed by atoms with Crippen LogP contribution in [0.4, 0.5) is 5.69 Å². The summed E-state index contributed by atoms with van der Waals surface area (Å²) in [6.07, 6.45) is 0. The number of nitrogens with one attached hydrogen (secondary N) is 1. The lowest BCUT2D eigenvalue weighted by molar-refractivity contribution is -0.119. The fourth-order valence-corrected chi connectivity index (χ4v) is 4.51. The van der Waals surface area contributed by atoms with Crippen molar-refractivity contribution in [3.63, 3.8) is 0 Å². The quantitative estimate of drug-likeness (QED) is 0.572. The summed E-state index contributed by atoms with van der Waals surface area (Å²) >= 11 is 6.06. The largest absolute Gasteiger partial charge is 0.496 e. The predicted octanol–water partition coefficient (Wildman–Crippen LogP) is 3.86. The average molecular weight is 445 g/mol. The molecule has 0 saturated heterocycles. The van der Waals surface area contributed by atoms with Crippen molar-refractivity contribution in [2.75, 3.05) is 18.0 Å². The number of hydrogen-bond donors (Lipinski definition) is 1. The molecule has 156 valence electrons. The standard InChI is InChI=1S/C22H21ClN2O4S/c1-29-21-13-6-5-8-17(21)15-24-22(26)16-25(19-10-7-9-18(23)14-19)30(27,28)20-11-3-2-4-12-20/h2-14H,15-16H2,1H3,(H,24,26). The molecular formula is C22H21ClN2O4S. The average Bonchev–Trinajstić information content (AvgIpc) is 2.76. The molecule has 0 unspecified atom stereocenters. The zero-order chi connectivity index (χ0) is 21.6. The van der Waals surface area contributed by atoms with Crippen LogP contribution in [0.15, 0.2) is 83.8 Å². The van der Waals surface area contributed by atoms with Gasteiger partial charge in [0.05, 0.1) is 17.7 Å². The third-order valence-corrected chi connectivity index (χ3v) is 6.41. The van der Waals surface area contributed by atoms with Gasteiger partial charge in [-0.05, 0) is 36.4 Å². The topological polar surface area (TPSA) is 75.7 Å². The van der Waals surface area contributed by atoms with E-state index in [2.05, 4.69) is 5.32 Å². The summed E-state index contributed by atoms with van der Waals surface area (Å²) in [5, 5.41) is 3.12. The van der Waals surface area contributed by atoms with E-state index in [1.165, 1.54) is 18.2 Å². The van der Waals surface area contributed by atoms with Gasteiger partial charge in [-0.2, -0.15) is 0 Å². The molecule has 0 aliphatic rings. The molecule has 0 aromatic heterocycles. The van der Waals surface area contributed by atoms with E-state index in [9.17, 15) is 13.2 Å². The van der Waals surface area contributed by atoms with E-state index in [4.69, 9.17) is 16.3 Å². The van der Waals surface area contributed by atoms with Gasteiger partial charge in [0.25, 0.3) is 10.0 Å². The first-order valence-electron chi connectivity index (χ1n) is 9.14. The molecule has 1 amide bonds. The molecule has 0 spiro atoms. The lowest BCUT2D eigenvalue weighted by Crippen LogP contribution is -2.40. The number of methoxy groups -OCH3 is 1. The monoisotopic (exact) mass is 444 g/mol. The highest BCUT2D eigenvalue weighted by molar-refractivity contribution is 7.92. The Morgan fingerprint density at radius 2 is 1.70 bits per heavy atom. The van der Waals surface area contributed by atoms with E-state index in [-0.39, 0.29) is 11.4 Å². The van der Waals surface area contributed by atoms with Crippen molar-refractivity contribution in [1.82, 2.24) is 5.32 Å². The second kappa shape index (κ2) is 9.65. The van der Waals surface area contributed by atoms with Crippen LogP contribution in [0.5, 0.6) is 5.75 Å². The summed E-state index contributed by atoms with van der Waals surface area (Å²) in [6.45, 7) is -0.190. The fourth-order valence-electron chi connectivity index (χ4n) is 2.90. The summed E-state index contributed by atoms with van der Waals surface area (Å²) in [5.41, 5.74) is 1.09. The van der Waals surface area contributed by atoms with Gasteiger partial charge in [-0.15, -0.1) is 0 Å². The third-order valence-electron chi connectivity index (χ3n) is 4.38. The summed E-state index contributed by atoms with van der Waals surface area (Å²) in [7, 11) is -2.42. The Balaban J connectivity index is 1.85. The number of ether oxygens (including phenoxy) is 1. The van der Waals surface area contributed by atoms with Crippen LogP contribution in [0, 0.1) is 0 Å². The van der Waals surface area contributed by atoms with E-state index < -0.39 is 22.5 Å². The summed E-state index contributed by atoms with van der Waals surface area (Å²) < 4.78 is 32.8. The minimum atomic E-state index is -3.97. The van der Waals surface area contributed by atoms with Crippen molar-refractivity contribution < 1.29 is 17.9 Å². The van der Waals surface area contributed by atoms with Crippen LogP contribution in [0.3, 0.4) is 0 Å². The fraction of sp³-hybridized carbons (Fsp3) is 0.136. The van der Waals surface area contributed by atoms with E-state index >= 15 is 0 Å². The molecule has 3 aromatic carbocycles. The van der Waals surface area contributed by atoms with Crippen molar-refractivity contribution in [1.29, 1.82) is 0 Å². The molecule has 30 heavy (non-hydrogen) atoms. The highest BCUT2D eigenvalue weighted by Gasteiger charge is 2.27. The molecule has 0 aliphatic carbocycles. The minimum Gasteiger partial charge on any atom is -0.496 e. The summed E-state index contributed by atoms with van der Waals surface area (Å²) in [4.78, 5) is 12.8. The normalized spacial score (nSPS) is 11.0. The van der Waals surface area contributed by atoms with E-state index in [0.29, 0.717) is 16.5 Å². The minimum absolute atomic E-state index is 0.0857. The first-order chi connectivity index (χ1) is 14.4. The van der Waals surface area contributed by atoms with Crippen LogP contribution >= 0.6 is 11.6 Å². The Hall–Kier alpha value is -3.03. The lowest BCUT2D eigenvalue weighted by Gasteiger charge is -2.24. The molecule has 6 nitrogen and oxygen atoms in total. The maximum atomic E-state index is 13.2. The Labute approximate surface area is 181 Å². The second-order valence-electron chi connectivity index (χ2n) is 6.39. The predicted molar refractivity (Wildman–Crippen MR) is 117 cm³/mol. The van der Waals surface area contributed by atoms with E-state index in [1.54, 1.807) is 49.6 Å². The van der Waals surface area contributed by atoms with Crippen molar-refractivity contribution >= 4 is 33.2 Å². The smallest absolute Gasteiger partial charge is 0.264 e. The maximum Gasteiger partial charge on any atom is 0.264 e. The van der Waals surface area contributed by atoms with Gasteiger partial charge in [0.1, 0.15) is 12.3 Å². The number of carbonyl (C=O) groups excluding carboxylic acids is 1. The van der Waals surface area contributed by atoms with Crippen LogP contribution in [0.1, 0.15) is 5.56 Å². The first-order valence-corrected chi connectivity index (χ1v) is 11.0. The number of carbonyl (C=O) groups is 1. The number of amides is 1. The number of sulfonamides is 1. The first kappa shape index (κ1) is 21.7. The van der Waals surface area contributed by atoms with Gasteiger partial charge in [-0.1, -0.05) is 54.1 Å². The molecule has 3 rings (SSSR count). The molecule has 0 saturated carbocycles. The van der Waals surface area contributed by atoms with Crippen LogP contribution in [0.25, 0.3) is 0 Å². The second-order valence-corrected chi connectivity index (χ2v) is 8.69. The molecule has 0 aliphatic heterocycles. The number of halogens is 1. The third kappa shape index (κ3) is 5.11. The lowest BCUT2D eigenvalue weighted by atomic mass is 10.2. The summed E-state index contributed by atoms with van der Waals surface area (Å²) in [5.74, 6) is 0.182. The van der Waals surface area contributed by atoms with Gasteiger partial charge in [0.2, 0.25) is 5.91 Å². The summed E-state index contributed by atoms with van der Waals surface area (Å²) in [6, 6.07) is 21.6. The van der Waals surface area contributed by atoms with E-state index in [1.807, 2.05) is 18.2 Å². The van der Waals surface area contributed by atoms with Gasteiger partial charge in [-0.3, -0.25) is 9.10 Å². The van der Waals surface area contributed by atoms with Gasteiger partial charge in [-0.25, -0.2) is 8.42 Å². The Morgan fingerprint density at radius 1 is 1.00 bits per heavy atom. The Kier molecular flexibility index (Phi) is 6.97. The van der Waals surface area contributed by atoms with Gasteiger partial charge in [0, 0.05) is 17.1 Å². The molecule has 1 N–H and O–H groups in total. The van der Waals surface area contributed by atoms with Crippen LogP contribution in [-0.2, 0) is 21.4 Å². The van der Waals surface area contributed by atoms with Gasteiger partial charge >= 0.3 is 0 Å². The van der Waals surface area contributed by atoms with Crippen LogP contribution in [-0.4, -0.2) is 28.0 Å². The number of nitrogens with zero attached hydrogens (tertiary/aromatic N) is 1. The SMILES string of the molecule is COc1ccccc1CNC(=O)CN(c1cccc(Cl)c1)S(=O)(=O)c1ccccc1. The highest BCUT2D eigenvalue weighted by atomic mass is 35.5.